The molecule has 1 spiro atoms. The molecule has 0 bridgehead atoms. The summed E-state index contributed by atoms with van der Waals surface area (Å²) in [4.78, 5) is 32.3. The highest BCUT2D eigenvalue weighted by molar-refractivity contribution is 7.98. The lowest BCUT2D eigenvalue weighted by Crippen LogP contribution is -2.62. The van der Waals surface area contributed by atoms with Crippen LogP contribution in [0.25, 0.3) is 10.2 Å². The third-order valence-corrected chi connectivity index (χ3v) is 9.29. The summed E-state index contributed by atoms with van der Waals surface area (Å²) in [6.07, 6.45) is 7.90. The third kappa shape index (κ3) is 6.02. The normalized spacial score (nSPS) is 18.2. The van der Waals surface area contributed by atoms with Crippen molar-refractivity contribution >= 4 is 50.3 Å². The zero-order chi connectivity index (χ0) is 26.0. The van der Waals surface area contributed by atoms with E-state index in [4.69, 9.17) is 4.98 Å². The maximum atomic E-state index is 13.2. The highest BCUT2D eigenvalue weighted by Gasteiger charge is 2.45. The SMILES string of the molecule is CSc1cnc(NC[C@H](C)CNc2nc3ccc(C(=O)N4CCC5(CC4)CN(C(C)C)C5)cc3s2)nc1. The maximum absolute atomic E-state index is 13.2. The Balaban J connectivity index is 1.12. The van der Waals surface area contributed by atoms with Gasteiger partial charge in [0.05, 0.1) is 10.2 Å². The first kappa shape index (κ1) is 26.2. The topological polar surface area (TPSA) is 86.3 Å². The highest BCUT2D eigenvalue weighted by Crippen LogP contribution is 2.41. The molecule has 2 aliphatic rings. The molecular formula is C27H37N7OS2. The molecule has 198 valence electrons. The van der Waals surface area contributed by atoms with Gasteiger partial charge in [-0.3, -0.25) is 9.69 Å². The second-order valence-corrected chi connectivity index (χ2v) is 12.7. The van der Waals surface area contributed by atoms with Gasteiger partial charge in [-0.1, -0.05) is 18.3 Å². The predicted molar refractivity (Wildman–Crippen MR) is 154 cm³/mol. The number of thiazole rings is 1. The Kier molecular flexibility index (Phi) is 7.88. The molecule has 2 aromatic heterocycles. The van der Waals surface area contributed by atoms with Gasteiger partial charge in [0.15, 0.2) is 5.13 Å². The molecule has 0 unspecified atom stereocenters. The zero-order valence-corrected chi connectivity index (χ0v) is 23.8. The number of carbonyl (C=O) groups excluding carboxylic acids is 1. The number of anilines is 2. The number of fused-ring (bicyclic) bond motifs is 1. The van der Waals surface area contributed by atoms with Crippen LogP contribution >= 0.6 is 23.1 Å². The Morgan fingerprint density at radius 1 is 1.11 bits per heavy atom. The van der Waals surface area contributed by atoms with Crippen molar-refractivity contribution in [2.45, 2.75) is 44.6 Å². The molecule has 0 saturated carbocycles. The second-order valence-electron chi connectivity index (χ2n) is 10.8. The number of likely N-dealkylation sites (tertiary alicyclic amines) is 2. The number of carbonyl (C=O) groups is 1. The van der Waals surface area contributed by atoms with Crippen LogP contribution in [0.4, 0.5) is 11.1 Å². The molecule has 0 radical (unpaired) electrons. The van der Waals surface area contributed by atoms with Crippen LogP contribution in [0.15, 0.2) is 35.5 Å². The van der Waals surface area contributed by atoms with Crippen LogP contribution in [0, 0.1) is 11.3 Å². The second kappa shape index (κ2) is 11.1. The number of hydrogen-bond acceptors (Lipinski definition) is 9. The van der Waals surface area contributed by atoms with E-state index in [1.807, 2.05) is 41.7 Å². The first-order valence-electron chi connectivity index (χ1n) is 13.1. The van der Waals surface area contributed by atoms with Gasteiger partial charge in [0.2, 0.25) is 5.95 Å². The summed E-state index contributed by atoms with van der Waals surface area (Å²) in [5, 5.41) is 7.63. The van der Waals surface area contributed by atoms with Gasteiger partial charge in [0.25, 0.3) is 5.91 Å². The Bertz CT molecular complexity index is 1210. The molecular weight excluding hydrogens is 502 g/mol. The monoisotopic (exact) mass is 539 g/mol. The van der Waals surface area contributed by atoms with E-state index in [9.17, 15) is 4.79 Å². The van der Waals surface area contributed by atoms with E-state index in [-0.39, 0.29) is 5.91 Å². The van der Waals surface area contributed by atoms with Crippen molar-refractivity contribution in [3.63, 3.8) is 0 Å². The molecule has 8 nitrogen and oxygen atoms in total. The van der Waals surface area contributed by atoms with Crippen molar-refractivity contribution in [3.8, 4) is 0 Å². The van der Waals surface area contributed by atoms with E-state index in [1.165, 1.54) is 13.1 Å². The lowest BCUT2D eigenvalue weighted by atomic mass is 9.71. The van der Waals surface area contributed by atoms with E-state index in [2.05, 4.69) is 46.3 Å². The molecule has 1 aromatic carbocycles. The first-order valence-corrected chi connectivity index (χ1v) is 15.2. The fraction of sp³-hybridized carbons (Fsp3) is 0.556. The molecule has 4 heterocycles. The quantitative estimate of drug-likeness (QED) is 0.371. The fourth-order valence-corrected chi connectivity index (χ4v) is 6.34. The van der Waals surface area contributed by atoms with Crippen LogP contribution in [-0.4, -0.2) is 82.2 Å². The van der Waals surface area contributed by atoms with Crippen molar-refractivity contribution in [2.75, 3.05) is 56.2 Å². The number of thioether (sulfide) groups is 1. The van der Waals surface area contributed by atoms with Crippen LogP contribution < -0.4 is 10.6 Å². The average Bonchev–Trinajstić information content (AvgIpc) is 3.31. The summed E-state index contributed by atoms with van der Waals surface area (Å²) < 4.78 is 1.04. The summed E-state index contributed by atoms with van der Waals surface area (Å²) >= 11 is 3.24. The minimum atomic E-state index is 0.146. The molecule has 3 aromatic rings. The van der Waals surface area contributed by atoms with Gasteiger partial charge in [0.1, 0.15) is 0 Å². The van der Waals surface area contributed by atoms with Crippen molar-refractivity contribution in [3.05, 3.63) is 36.2 Å². The average molecular weight is 540 g/mol. The van der Waals surface area contributed by atoms with Crippen LogP contribution in [0.2, 0.25) is 0 Å². The smallest absolute Gasteiger partial charge is 0.253 e. The van der Waals surface area contributed by atoms with Crippen molar-refractivity contribution < 1.29 is 4.79 Å². The Hall–Kier alpha value is -2.43. The first-order chi connectivity index (χ1) is 17.8. The number of aromatic nitrogens is 3. The highest BCUT2D eigenvalue weighted by atomic mass is 32.2. The summed E-state index contributed by atoms with van der Waals surface area (Å²) in [5.74, 6) is 1.15. The van der Waals surface area contributed by atoms with Gasteiger partial charge < -0.3 is 15.5 Å². The molecule has 10 heteroatoms. The molecule has 1 atom stereocenters. The predicted octanol–water partition coefficient (Wildman–Crippen LogP) is 4.91. The van der Waals surface area contributed by atoms with Crippen molar-refractivity contribution in [2.24, 2.45) is 11.3 Å². The minimum Gasteiger partial charge on any atom is -0.361 e. The van der Waals surface area contributed by atoms with E-state index in [0.717, 1.165) is 64.8 Å². The summed E-state index contributed by atoms with van der Waals surface area (Å²) in [6, 6.07) is 6.53. The molecule has 5 rings (SSSR count). The van der Waals surface area contributed by atoms with Gasteiger partial charge in [0, 0.05) is 68.2 Å². The van der Waals surface area contributed by atoms with E-state index < -0.39 is 0 Å². The Morgan fingerprint density at radius 2 is 1.81 bits per heavy atom. The molecule has 37 heavy (non-hydrogen) atoms. The number of amides is 1. The largest absolute Gasteiger partial charge is 0.361 e. The molecule has 2 saturated heterocycles. The van der Waals surface area contributed by atoms with Gasteiger partial charge >= 0.3 is 0 Å². The lowest BCUT2D eigenvalue weighted by molar-refractivity contribution is -0.0578. The van der Waals surface area contributed by atoms with Crippen LogP contribution in [0.5, 0.6) is 0 Å². The number of nitrogens with zero attached hydrogens (tertiary/aromatic N) is 5. The van der Waals surface area contributed by atoms with E-state index in [1.54, 1.807) is 23.1 Å². The maximum Gasteiger partial charge on any atom is 0.253 e. The van der Waals surface area contributed by atoms with Gasteiger partial charge in [-0.05, 0) is 62.5 Å². The van der Waals surface area contributed by atoms with Crippen LogP contribution in [-0.2, 0) is 0 Å². The lowest BCUT2D eigenvalue weighted by Gasteiger charge is -2.55. The number of piperidine rings is 1. The Morgan fingerprint density at radius 3 is 2.49 bits per heavy atom. The standard InChI is InChI=1S/C27H37N7OS2/c1-18(2)34-16-27(17-34)7-9-33(10-8-27)24(35)20-5-6-22-23(11-20)37-26(32-22)31-13-19(3)12-28-25-29-14-21(36-4)15-30-25/h5-6,11,14-15,18-19H,7-10,12-13,16-17H2,1-4H3,(H,31,32)(H,28,29,30)/t19-/m0/s1. The molecule has 1 amide bonds. The van der Waals surface area contributed by atoms with Crippen molar-refractivity contribution in [1.29, 1.82) is 0 Å². The number of rotatable bonds is 9. The van der Waals surface area contributed by atoms with E-state index in [0.29, 0.717) is 23.3 Å². The summed E-state index contributed by atoms with van der Waals surface area (Å²) in [6.45, 7) is 12.3. The van der Waals surface area contributed by atoms with Crippen molar-refractivity contribution in [1.82, 2.24) is 24.8 Å². The van der Waals surface area contributed by atoms with E-state index >= 15 is 0 Å². The molecule has 2 fully saturated rings. The molecule has 2 aliphatic heterocycles. The fourth-order valence-electron chi connectivity index (χ4n) is 5.11. The van der Waals surface area contributed by atoms with Gasteiger partial charge in [-0.15, -0.1) is 11.8 Å². The Labute approximate surface area is 227 Å². The van der Waals surface area contributed by atoms with Gasteiger partial charge in [-0.25, -0.2) is 15.0 Å². The molecule has 2 N–H and O–H groups in total. The number of benzene rings is 1. The number of hydrogen-bond donors (Lipinski definition) is 2. The minimum absolute atomic E-state index is 0.146. The number of nitrogens with one attached hydrogen (secondary N) is 2. The summed E-state index contributed by atoms with van der Waals surface area (Å²) in [7, 11) is 0. The van der Waals surface area contributed by atoms with Crippen LogP contribution in [0.1, 0.15) is 44.0 Å². The molecule has 0 aliphatic carbocycles. The van der Waals surface area contributed by atoms with Crippen LogP contribution in [0.3, 0.4) is 0 Å². The third-order valence-electron chi connectivity index (χ3n) is 7.63. The zero-order valence-electron chi connectivity index (χ0n) is 22.2. The van der Waals surface area contributed by atoms with Gasteiger partial charge in [-0.2, -0.15) is 0 Å². The summed E-state index contributed by atoms with van der Waals surface area (Å²) in [5.41, 5.74) is 2.13.